The van der Waals surface area contributed by atoms with E-state index in [-0.39, 0.29) is 0 Å². The third-order valence-corrected chi connectivity index (χ3v) is 4.13. The number of benzene rings is 2. The number of thiocarbonyl (C=S) groups is 1. The number of aromatic nitrogens is 2. The highest BCUT2D eigenvalue weighted by atomic mass is 32.1. The second kappa shape index (κ2) is 7.93. The van der Waals surface area contributed by atoms with Gasteiger partial charge in [0.05, 0.1) is 17.6 Å². The number of rotatable bonds is 6. The topological polar surface area (TPSA) is 41.9 Å². The summed E-state index contributed by atoms with van der Waals surface area (Å²) in [6, 6.07) is 18.5. The van der Waals surface area contributed by atoms with Gasteiger partial charge in [-0.3, -0.25) is 0 Å². The minimum atomic E-state index is 0.619. The minimum Gasteiger partial charge on any atom is -0.362 e. The Hall–Kier alpha value is -2.40. The van der Waals surface area contributed by atoms with Crippen molar-refractivity contribution >= 4 is 34.3 Å². The third kappa shape index (κ3) is 3.92. The van der Waals surface area contributed by atoms with Gasteiger partial charge >= 0.3 is 0 Å². The van der Waals surface area contributed by atoms with Gasteiger partial charge in [-0.15, -0.1) is 0 Å². The highest BCUT2D eigenvalue weighted by Gasteiger charge is 2.11. The first kappa shape index (κ1) is 16.5. The zero-order valence-corrected chi connectivity index (χ0v) is 14.6. The average Bonchev–Trinajstić information content (AvgIpc) is 2.93. The summed E-state index contributed by atoms with van der Waals surface area (Å²) in [5.41, 5.74) is 3.29. The van der Waals surface area contributed by atoms with Crippen LogP contribution in [0, 0.1) is 0 Å². The summed E-state index contributed by atoms with van der Waals surface area (Å²) in [5.74, 6) is 0.772. The Kier molecular flexibility index (Phi) is 5.43. The van der Waals surface area contributed by atoms with Crippen LogP contribution in [0.2, 0.25) is 0 Å². The number of fused-ring (bicyclic) bond motifs is 1. The van der Waals surface area contributed by atoms with Crippen molar-refractivity contribution in [3.63, 3.8) is 0 Å². The van der Waals surface area contributed by atoms with E-state index in [1.54, 1.807) is 0 Å². The molecule has 0 saturated carbocycles. The van der Waals surface area contributed by atoms with Crippen LogP contribution in [0.15, 0.2) is 54.6 Å². The standard InChI is InChI=1S/C19H22N4S/c1-2-3-13-20-19(24)22-18-21-16-11-7-8-12-17(16)23(18)14-15-9-5-4-6-10-15/h4-12H,2-3,13-14H2,1H3,(H2,20,21,22,24). The molecule has 0 aliphatic rings. The minimum absolute atomic E-state index is 0.619. The van der Waals surface area contributed by atoms with E-state index >= 15 is 0 Å². The van der Waals surface area contributed by atoms with Gasteiger partial charge in [0.1, 0.15) is 0 Å². The summed E-state index contributed by atoms with van der Waals surface area (Å²) < 4.78 is 2.17. The molecule has 0 unspecified atom stereocenters. The smallest absolute Gasteiger partial charge is 0.210 e. The normalized spacial score (nSPS) is 10.7. The third-order valence-electron chi connectivity index (χ3n) is 3.88. The summed E-state index contributed by atoms with van der Waals surface area (Å²) >= 11 is 5.40. The zero-order chi connectivity index (χ0) is 16.8. The monoisotopic (exact) mass is 338 g/mol. The first-order valence-electron chi connectivity index (χ1n) is 8.32. The Morgan fingerprint density at radius 2 is 1.83 bits per heavy atom. The first-order chi connectivity index (χ1) is 11.8. The number of para-hydroxylation sites is 2. The molecule has 3 rings (SSSR count). The van der Waals surface area contributed by atoms with Gasteiger partial charge in [0, 0.05) is 6.54 Å². The lowest BCUT2D eigenvalue weighted by Crippen LogP contribution is -2.30. The summed E-state index contributed by atoms with van der Waals surface area (Å²) in [6.45, 7) is 3.79. The molecule has 24 heavy (non-hydrogen) atoms. The molecule has 124 valence electrons. The van der Waals surface area contributed by atoms with Crippen molar-refractivity contribution in [3.05, 3.63) is 60.2 Å². The van der Waals surface area contributed by atoms with Crippen LogP contribution < -0.4 is 10.6 Å². The Balaban J connectivity index is 1.86. The predicted octanol–water partition coefficient (Wildman–Crippen LogP) is 4.17. The predicted molar refractivity (Wildman–Crippen MR) is 104 cm³/mol. The van der Waals surface area contributed by atoms with Crippen LogP contribution in [-0.4, -0.2) is 21.2 Å². The van der Waals surface area contributed by atoms with E-state index < -0.39 is 0 Å². The lowest BCUT2D eigenvalue weighted by molar-refractivity contribution is 0.756. The van der Waals surface area contributed by atoms with Gasteiger partial charge in [-0.1, -0.05) is 55.8 Å². The molecule has 2 aromatic carbocycles. The number of nitrogens with one attached hydrogen (secondary N) is 2. The number of imidazole rings is 1. The Morgan fingerprint density at radius 3 is 2.62 bits per heavy atom. The van der Waals surface area contributed by atoms with Crippen molar-refractivity contribution < 1.29 is 0 Å². The maximum atomic E-state index is 5.40. The molecule has 4 nitrogen and oxygen atoms in total. The molecule has 0 atom stereocenters. The molecule has 0 saturated heterocycles. The van der Waals surface area contributed by atoms with E-state index in [9.17, 15) is 0 Å². The van der Waals surface area contributed by atoms with Crippen molar-refractivity contribution in [1.82, 2.24) is 14.9 Å². The molecule has 5 heteroatoms. The van der Waals surface area contributed by atoms with Crippen LogP contribution in [0.5, 0.6) is 0 Å². The van der Waals surface area contributed by atoms with Gasteiger partial charge in [0.25, 0.3) is 0 Å². The van der Waals surface area contributed by atoms with Crippen LogP contribution in [0.25, 0.3) is 11.0 Å². The van der Waals surface area contributed by atoms with E-state index in [0.29, 0.717) is 5.11 Å². The molecule has 0 radical (unpaired) electrons. The van der Waals surface area contributed by atoms with Gasteiger partial charge in [-0.2, -0.15) is 0 Å². The van der Waals surface area contributed by atoms with E-state index in [0.717, 1.165) is 42.9 Å². The van der Waals surface area contributed by atoms with Crippen LogP contribution in [0.1, 0.15) is 25.3 Å². The van der Waals surface area contributed by atoms with E-state index in [1.807, 2.05) is 24.3 Å². The fourth-order valence-electron chi connectivity index (χ4n) is 2.62. The van der Waals surface area contributed by atoms with E-state index in [2.05, 4.69) is 52.5 Å². The van der Waals surface area contributed by atoms with Crippen LogP contribution in [0.3, 0.4) is 0 Å². The largest absolute Gasteiger partial charge is 0.362 e. The van der Waals surface area contributed by atoms with Gasteiger partial charge in [0.15, 0.2) is 5.11 Å². The summed E-state index contributed by atoms with van der Waals surface area (Å²) in [5, 5.41) is 7.10. The van der Waals surface area contributed by atoms with E-state index in [4.69, 9.17) is 17.2 Å². The lowest BCUT2D eigenvalue weighted by Gasteiger charge is -2.12. The van der Waals surface area contributed by atoms with Gasteiger partial charge < -0.3 is 15.2 Å². The zero-order valence-electron chi connectivity index (χ0n) is 13.8. The van der Waals surface area contributed by atoms with Crippen LogP contribution >= 0.6 is 12.2 Å². The molecule has 0 aliphatic carbocycles. The fraction of sp³-hybridized carbons (Fsp3) is 0.263. The molecular formula is C19H22N4S. The molecule has 2 N–H and O–H groups in total. The fourth-order valence-corrected chi connectivity index (χ4v) is 2.81. The van der Waals surface area contributed by atoms with Crippen molar-refractivity contribution in [1.29, 1.82) is 0 Å². The molecule has 3 aromatic rings. The average molecular weight is 338 g/mol. The maximum absolute atomic E-state index is 5.40. The molecule has 0 fully saturated rings. The number of hydrogen-bond donors (Lipinski definition) is 2. The highest BCUT2D eigenvalue weighted by molar-refractivity contribution is 7.80. The molecule has 1 heterocycles. The number of hydrogen-bond acceptors (Lipinski definition) is 2. The van der Waals surface area contributed by atoms with Crippen molar-refractivity contribution in [3.8, 4) is 0 Å². The molecule has 0 aliphatic heterocycles. The van der Waals surface area contributed by atoms with Gasteiger partial charge in [-0.25, -0.2) is 4.98 Å². The lowest BCUT2D eigenvalue weighted by atomic mass is 10.2. The van der Waals surface area contributed by atoms with E-state index in [1.165, 1.54) is 5.56 Å². The van der Waals surface area contributed by atoms with Crippen LogP contribution in [0.4, 0.5) is 5.95 Å². The summed E-state index contributed by atoms with van der Waals surface area (Å²) in [7, 11) is 0. The van der Waals surface area contributed by atoms with Crippen molar-refractivity contribution in [2.75, 3.05) is 11.9 Å². The first-order valence-corrected chi connectivity index (χ1v) is 8.73. The quantitative estimate of drug-likeness (QED) is 0.523. The second-order valence-corrected chi connectivity index (χ2v) is 6.14. The number of anilines is 1. The number of nitrogens with zero attached hydrogens (tertiary/aromatic N) is 2. The van der Waals surface area contributed by atoms with Crippen molar-refractivity contribution in [2.45, 2.75) is 26.3 Å². The molecule has 0 spiro atoms. The Labute approximate surface area is 147 Å². The highest BCUT2D eigenvalue weighted by Crippen LogP contribution is 2.21. The van der Waals surface area contributed by atoms with Crippen molar-refractivity contribution in [2.24, 2.45) is 0 Å². The molecule has 1 aromatic heterocycles. The number of unbranched alkanes of at least 4 members (excludes halogenated alkanes) is 1. The van der Waals surface area contributed by atoms with Gasteiger partial charge in [0.2, 0.25) is 5.95 Å². The van der Waals surface area contributed by atoms with Crippen LogP contribution in [-0.2, 0) is 6.54 Å². The van der Waals surface area contributed by atoms with Gasteiger partial charge in [-0.05, 0) is 36.3 Å². The summed E-state index contributed by atoms with van der Waals surface area (Å²) in [4.78, 5) is 4.70. The second-order valence-electron chi connectivity index (χ2n) is 5.73. The molecule has 0 amide bonds. The molecule has 0 bridgehead atoms. The Bertz CT molecular complexity index is 811. The summed E-state index contributed by atoms with van der Waals surface area (Å²) in [6.07, 6.45) is 2.24. The SMILES string of the molecule is CCCCNC(=S)Nc1nc2ccccc2n1Cc1ccccc1. The maximum Gasteiger partial charge on any atom is 0.210 e. The molecular weight excluding hydrogens is 316 g/mol. The Morgan fingerprint density at radius 1 is 1.08 bits per heavy atom.